The van der Waals surface area contributed by atoms with Gasteiger partial charge in [-0.25, -0.2) is 9.59 Å². The summed E-state index contributed by atoms with van der Waals surface area (Å²) in [6.07, 6.45) is 7.70. The molecule has 4 aromatic carbocycles. The molecule has 3 heterocycles. The first-order valence-electron chi connectivity index (χ1n) is 29.5. The van der Waals surface area contributed by atoms with E-state index < -0.39 is 18.2 Å². The van der Waals surface area contributed by atoms with Crippen LogP contribution >= 0.6 is 0 Å². The molecule has 14 nitrogen and oxygen atoms in total. The first-order chi connectivity index (χ1) is 37.8. The average molecular weight is 1090 g/mol. The van der Waals surface area contributed by atoms with E-state index in [9.17, 15) is 19.2 Å². The molecule has 3 aliphatic rings. The van der Waals surface area contributed by atoms with Crippen LogP contribution in [0.1, 0.15) is 162 Å². The number of aliphatic hydroxyl groups is 1. The van der Waals surface area contributed by atoms with E-state index in [1.807, 2.05) is 104 Å². The van der Waals surface area contributed by atoms with Crippen LogP contribution in [-0.2, 0) is 27.2 Å². The van der Waals surface area contributed by atoms with Gasteiger partial charge in [0.2, 0.25) is 11.8 Å². The van der Waals surface area contributed by atoms with Crippen molar-refractivity contribution in [1.82, 2.24) is 25.3 Å². The van der Waals surface area contributed by atoms with Gasteiger partial charge < -0.3 is 45.5 Å². The lowest BCUT2D eigenvalue weighted by atomic mass is 9.82. The third-order valence-electron chi connectivity index (χ3n) is 13.7. The van der Waals surface area contributed by atoms with Gasteiger partial charge in [-0.1, -0.05) is 131 Å². The Labute approximate surface area is 474 Å². The number of nitrogens with one attached hydrogen (secondary N) is 2. The van der Waals surface area contributed by atoms with Gasteiger partial charge in [0.25, 0.3) is 0 Å². The summed E-state index contributed by atoms with van der Waals surface area (Å²) in [6.45, 7) is 27.7. The minimum absolute atomic E-state index is 0.00564. The molecule has 1 fully saturated rings. The van der Waals surface area contributed by atoms with Gasteiger partial charge in [0.05, 0.1) is 6.61 Å². The first-order valence-corrected chi connectivity index (χ1v) is 29.5. The normalized spacial score (nSPS) is 16.4. The van der Waals surface area contributed by atoms with E-state index in [0.717, 1.165) is 89.9 Å². The number of para-hydroxylation sites is 2. The fourth-order valence-corrected chi connectivity index (χ4v) is 9.92. The van der Waals surface area contributed by atoms with Gasteiger partial charge in [-0.05, 0) is 158 Å². The van der Waals surface area contributed by atoms with Crippen molar-refractivity contribution in [2.75, 3.05) is 52.5 Å². The standard InChI is InChI=1S/C33H48N2O5.C24H30N4O3.2C4H10/c1-24(2)29(25(3)4)15-9-10-19-34-32(37)31-30-17-16-28(40-27-13-7-5-8-14-27)23-26(30)18-20-35(31)33(38)39-22-12-6-11-21-36;1-2-12-26-23(29)22-21-9-8-20(31-19-6-4-3-5-7-19)15-17(21)10-14-28(22)24(30)27-13-11-18(25)16-27;2*1-4(2)3/h5,7-8,13-14,16-17,23-25,29,31,36H,6,9-12,15,18-22H2,1-4H3,(H,34,37);3-9,15,18,22H,2,10-14,16,25H2,1H3,(H,26,29);2*4H,1-3H3. The molecule has 0 bridgehead atoms. The monoisotopic (exact) mass is 1090 g/mol. The van der Waals surface area contributed by atoms with Crippen LogP contribution in [0.4, 0.5) is 9.59 Å². The topological polar surface area (TPSA) is 176 Å². The number of urea groups is 1. The number of rotatable bonds is 20. The van der Waals surface area contributed by atoms with Crippen molar-refractivity contribution in [3.8, 4) is 23.0 Å². The van der Waals surface area contributed by atoms with E-state index >= 15 is 0 Å². The van der Waals surface area contributed by atoms with Gasteiger partial charge in [-0.3, -0.25) is 14.5 Å². The maximum Gasteiger partial charge on any atom is 0.410 e. The van der Waals surface area contributed by atoms with Gasteiger partial charge in [-0.2, -0.15) is 0 Å². The Morgan fingerprint density at radius 2 is 1.10 bits per heavy atom. The number of ether oxygens (including phenoxy) is 3. The molecule has 0 aromatic heterocycles. The van der Waals surface area contributed by atoms with Gasteiger partial charge in [0.15, 0.2) is 0 Å². The zero-order valence-electron chi connectivity index (χ0n) is 49.8. The second-order valence-corrected chi connectivity index (χ2v) is 23.1. The molecule has 1 saturated heterocycles. The first kappa shape index (κ1) is 65.4. The smallest absolute Gasteiger partial charge is 0.410 e. The van der Waals surface area contributed by atoms with Crippen LogP contribution in [0.5, 0.6) is 23.0 Å². The molecule has 79 heavy (non-hydrogen) atoms. The molecular weight excluding hydrogens is 993 g/mol. The molecule has 0 aliphatic carbocycles. The van der Waals surface area contributed by atoms with Crippen LogP contribution in [0.3, 0.4) is 0 Å². The van der Waals surface area contributed by atoms with Crippen LogP contribution in [0, 0.1) is 29.6 Å². The Balaban J connectivity index is 0.000000306. The largest absolute Gasteiger partial charge is 0.457 e. The van der Waals surface area contributed by atoms with Crippen molar-refractivity contribution in [3.63, 3.8) is 0 Å². The van der Waals surface area contributed by atoms with Crippen molar-refractivity contribution < 1.29 is 38.5 Å². The predicted molar refractivity (Wildman–Crippen MR) is 318 cm³/mol. The third kappa shape index (κ3) is 22.2. The highest BCUT2D eigenvalue weighted by Gasteiger charge is 2.40. The maximum absolute atomic E-state index is 13.6. The van der Waals surface area contributed by atoms with Crippen molar-refractivity contribution in [2.24, 2.45) is 35.3 Å². The minimum Gasteiger partial charge on any atom is -0.457 e. The summed E-state index contributed by atoms with van der Waals surface area (Å²) in [4.78, 5) is 58.0. The van der Waals surface area contributed by atoms with Crippen LogP contribution < -0.4 is 25.8 Å². The van der Waals surface area contributed by atoms with Gasteiger partial charge in [0, 0.05) is 51.9 Å². The Kier molecular flexibility index (Phi) is 28.8. The Morgan fingerprint density at radius 1 is 0.608 bits per heavy atom. The zero-order valence-corrected chi connectivity index (χ0v) is 49.8. The molecule has 3 aliphatic heterocycles. The zero-order chi connectivity index (χ0) is 57.9. The molecule has 7 rings (SSSR count). The molecule has 0 radical (unpaired) electrons. The number of benzene rings is 4. The quantitative estimate of drug-likeness (QED) is 0.0628. The third-order valence-corrected chi connectivity index (χ3v) is 13.7. The molecule has 4 aromatic rings. The molecule has 3 atom stereocenters. The van der Waals surface area contributed by atoms with E-state index in [2.05, 4.69) is 79.9 Å². The number of aliphatic hydroxyl groups excluding tert-OH is 1. The number of carbonyl (C=O) groups is 4. The fraction of sp³-hybridized carbons (Fsp3) is 0.569. The van der Waals surface area contributed by atoms with Crippen LogP contribution in [0.2, 0.25) is 0 Å². The van der Waals surface area contributed by atoms with E-state index in [-0.39, 0.29) is 37.1 Å². The number of hydrogen-bond acceptors (Lipinski definition) is 9. The van der Waals surface area contributed by atoms with Gasteiger partial charge in [-0.15, -0.1) is 0 Å². The predicted octanol–water partition coefficient (Wildman–Crippen LogP) is 13.3. The number of nitrogens with zero attached hydrogens (tertiary/aromatic N) is 3. The van der Waals surface area contributed by atoms with Crippen molar-refractivity contribution in [3.05, 3.63) is 119 Å². The molecule has 0 spiro atoms. The molecule has 14 heteroatoms. The van der Waals surface area contributed by atoms with Crippen molar-refractivity contribution in [1.29, 1.82) is 0 Å². The Morgan fingerprint density at radius 3 is 1.57 bits per heavy atom. The summed E-state index contributed by atoms with van der Waals surface area (Å²) in [6, 6.07) is 29.2. The van der Waals surface area contributed by atoms with Crippen molar-refractivity contribution >= 4 is 23.9 Å². The maximum atomic E-state index is 13.6. The summed E-state index contributed by atoms with van der Waals surface area (Å²) in [5.41, 5.74) is 9.70. The average Bonchev–Trinajstić information content (AvgIpc) is 3.95. The summed E-state index contributed by atoms with van der Waals surface area (Å²) in [5, 5.41) is 15.1. The number of nitrogens with two attached hydrogens (primary N) is 1. The highest BCUT2D eigenvalue weighted by atomic mass is 16.6. The number of unbranched alkanes of at least 4 members (excludes halogenated alkanes) is 3. The van der Waals surface area contributed by atoms with Crippen LogP contribution in [-0.4, -0.2) is 102 Å². The second kappa shape index (κ2) is 34.8. The van der Waals surface area contributed by atoms with Crippen LogP contribution in [0.15, 0.2) is 97.1 Å². The Bertz CT molecular complexity index is 2400. The Hall–Kier alpha value is -6.12. The molecule has 5 N–H and O–H groups in total. The van der Waals surface area contributed by atoms with Crippen molar-refractivity contribution in [2.45, 2.75) is 158 Å². The highest BCUT2D eigenvalue weighted by molar-refractivity contribution is 5.89. The van der Waals surface area contributed by atoms with Crippen LogP contribution in [0.25, 0.3) is 0 Å². The molecular formula is C65H98N6O8. The number of likely N-dealkylation sites (tertiary alicyclic amines) is 1. The summed E-state index contributed by atoms with van der Waals surface area (Å²) in [7, 11) is 0. The number of fused-ring (bicyclic) bond motifs is 2. The summed E-state index contributed by atoms with van der Waals surface area (Å²) in [5.74, 6) is 6.25. The molecule has 436 valence electrons. The number of hydrogen-bond donors (Lipinski definition) is 4. The minimum atomic E-state index is -0.751. The van der Waals surface area contributed by atoms with E-state index in [1.54, 1.807) is 14.7 Å². The van der Waals surface area contributed by atoms with Gasteiger partial charge >= 0.3 is 12.1 Å². The van der Waals surface area contributed by atoms with E-state index in [4.69, 9.17) is 25.1 Å². The highest BCUT2D eigenvalue weighted by Crippen LogP contribution is 2.37. The summed E-state index contributed by atoms with van der Waals surface area (Å²) >= 11 is 0. The number of carbonyl (C=O) groups excluding carboxylic acids is 4. The lowest BCUT2D eigenvalue weighted by Crippen LogP contribution is -2.51. The molecule has 5 amide bonds. The SMILES string of the molecule is CC(C)C.CC(C)C.CC(C)C(CCCCNC(=O)C1c2ccc(Oc3ccccc3)cc2CCN1C(=O)OCCCCCO)C(C)C.CCCNC(=O)C1c2ccc(Oc3ccccc3)cc2CCN1C(=O)N1CCC(N)C1. The fourth-order valence-electron chi connectivity index (χ4n) is 9.92. The lowest BCUT2D eigenvalue weighted by molar-refractivity contribution is -0.127. The second-order valence-electron chi connectivity index (χ2n) is 23.1. The van der Waals surface area contributed by atoms with Gasteiger partial charge in [0.1, 0.15) is 35.1 Å². The lowest BCUT2D eigenvalue weighted by Gasteiger charge is -2.38. The molecule has 0 saturated carbocycles. The number of amides is 5. The van der Waals surface area contributed by atoms with E-state index in [0.29, 0.717) is 88.5 Å². The molecule has 3 unspecified atom stereocenters. The van der Waals surface area contributed by atoms with E-state index in [1.165, 1.54) is 0 Å². The summed E-state index contributed by atoms with van der Waals surface area (Å²) < 4.78 is 17.5.